The van der Waals surface area contributed by atoms with Gasteiger partial charge in [-0.3, -0.25) is 0 Å². The van der Waals surface area contributed by atoms with E-state index in [0.29, 0.717) is 33.3 Å². The van der Waals surface area contributed by atoms with Crippen LogP contribution in [0.4, 0.5) is 23.3 Å². The molecule has 4 aromatic rings. The number of nitrogens with one attached hydrogen (secondary N) is 4. The molecule has 12 nitrogen and oxygen atoms in total. The molecule has 4 N–H and O–H groups in total. The molecular weight excluding hydrogens is 596 g/mol. The number of halogens is 1. The van der Waals surface area contributed by atoms with Crippen LogP contribution in [0.1, 0.15) is 5.56 Å². The summed E-state index contributed by atoms with van der Waals surface area (Å²) in [6.45, 7) is 1.77. The lowest BCUT2D eigenvalue weighted by molar-refractivity contribution is 0.519. The van der Waals surface area contributed by atoms with Crippen LogP contribution >= 0.6 is 15.9 Å². The van der Waals surface area contributed by atoms with Crippen molar-refractivity contribution in [3.8, 4) is 0 Å². The highest BCUT2D eigenvalue weighted by Gasteiger charge is 2.21. The van der Waals surface area contributed by atoms with E-state index in [9.17, 15) is 16.8 Å². The van der Waals surface area contributed by atoms with Gasteiger partial charge < -0.3 is 20.6 Å². The van der Waals surface area contributed by atoms with Crippen molar-refractivity contribution < 1.29 is 16.8 Å². The summed E-state index contributed by atoms with van der Waals surface area (Å²) < 4.78 is 51.6. The summed E-state index contributed by atoms with van der Waals surface area (Å²) in [5.41, 5.74) is 2.01. The Bertz CT molecular complexity index is 1450. The fourth-order valence-electron chi connectivity index (χ4n) is 3.07. The monoisotopic (exact) mass is 624 g/mol. The van der Waals surface area contributed by atoms with Crippen molar-refractivity contribution in [2.45, 2.75) is 16.7 Å². The van der Waals surface area contributed by atoms with E-state index in [2.05, 4.69) is 46.5 Å². The van der Waals surface area contributed by atoms with E-state index >= 15 is 0 Å². The standard InChI is InChI=1S/C12H16N4O2S.C11H13BrN4O2S/c1-9-4-5-10(15-12-13-6-7-14-12)8-11(9)19(17,18)16(2)3;1-16(2)19(17,18)10-7-8(3-4-9(10)12)15-11-13-5-6-14-11/h4-8H,1-3H3,(H2,13,14,15);3-7H,1-2H3,(H2,13,14,15). The number of nitrogens with zero attached hydrogens (tertiary/aromatic N) is 4. The van der Waals surface area contributed by atoms with Gasteiger partial charge in [-0.2, -0.15) is 0 Å². The van der Waals surface area contributed by atoms with Crippen molar-refractivity contribution in [1.29, 1.82) is 0 Å². The van der Waals surface area contributed by atoms with Crippen molar-refractivity contribution in [2.24, 2.45) is 0 Å². The van der Waals surface area contributed by atoms with Crippen molar-refractivity contribution in [2.75, 3.05) is 38.8 Å². The molecular formula is C23H29BrN8O4S2. The fourth-order valence-corrected chi connectivity index (χ4v) is 6.06. The maximum absolute atomic E-state index is 12.2. The van der Waals surface area contributed by atoms with E-state index in [1.807, 2.05) is 6.07 Å². The largest absolute Gasteiger partial charge is 0.331 e. The van der Waals surface area contributed by atoms with Gasteiger partial charge in [0.25, 0.3) is 0 Å². The highest BCUT2D eigenvalue weighted by Crippen LogP contribution is 2.28. The van der Waals surface area contributed by atoms with Gasteiger partial charge >= 0.3 is 0 Å². The van der Waals surface area contributed by atoms with Gasteiger partial charge in [0, 0.05) is 68.8 Å². The molecule has 2 heterocycles. The van der Waals surface area contributed by atoms with Gasteiger partial charge in [-0.1, -0.05) is 6.07 Å². The summed E-state index contributed by atoms with van der Waals surface area (Å²) in [6, 6.07) is 10.2. The molecule has 15 heteroatoms. The quantitative estimate of drug-likeness (QED) is 0.230. The van der Waals surface area contributed by atoms with Crippen LogP contribution in [0, 0.1) is 6.92 Å². The molecule has 0 spiro atoms. The van der Waals surface area contributed by atoms with E-state index < -0.39 is 20.0 Å². The van der Waals surface area contributed by atoms with Crippen LogP contribution in [-0.2, 0) is 20.0 Å². The molecule has 0 amide bonds. The number of aryl methyl sites for hydroxylation is 1. The molecule has 0 atom stereocenters. The van der Waals surface area contributed by atoms with E-state index in [4.69, 9.17) is 0 Å². The second kappa shape index (κ2) is 12.1. The predicted octanol–water partition coefficient (Wildman–Crippen LogP) is 3.88. The molecule has 2 aromatic carbocycles. The third-order valence-corrected chi connectivity index (χ3v) is 9.92. The Morgan fingerprint density at radius 3 is 1.63 bits per heavy atom. The van der Waals surface area contributed by atoms with Gasteiger partial charge in [-0.25, -0.2) is 35.4 Å². The minimum atomic E-state index is -3.49. The molecule has 4 rings (SSSR count). The lowest BCUT2D eigenvalue weighted by atomic mass is 10.2. The molecule has 0 saturated heterocycles. The Morgan fingerprint density at radius 2 is 1.18 bits per heavy atom. The van der Waals surface area contributed by atoms with Gasteiger partial charge in [-0.05, 0) is 58.7 Å². The van der Waals surface area contributed by atoms with Gasteiger partial charge in [0.05, 0.1) is 9.79 Å². The van der Waals surface area contributed by atoms with Crippen LogP contribution in [0.5, 0.6) is 0 Å². The number of sulfonamides is 2. The molecule has 0 saturated carbocycles. The van der Waals surface area contributed by atoms with Crippen molar-refractivity contribution >= 4 is 59.2 Å². The van der Waals surface area contributed by atoms with Gasteiger partial charge in [-0.15, -0.1) is 0 Å². The van der Waals surface area contributed by atoms with E-state index in [-0.39, 0.29) is 9.79 Å². The maximum Gasteiger partial charge on any atom is 0.243 e. The zero-order chi connectivity index (χ0) is 28.1. The van der Waals surface area contributed by atoms with Crippen LogP contribution in [0.3, 0.4) is 0 Å². The van der Waals surface area contributed by atoms with Crippen LogP contribution in [0.25, 0.3) is 0 Å². The van der Waals surface area contributed by atoms with Crippen LogP contribution < -0.4 is 10.6 Å². The Labute approximate surface area is 230 Å². The minimum absolute atomic E-state index is 0.203. The van der Waals surface area contributed by atoms with E-state index in [1.165, 1.54) is 36.8 Å². The summed E-state index contributed by atoms with van der Waals surface area (Å²) in [6.07, 6.45) is 6.60. The number of rotatable bonds is 8. The summed E-state index contributed by atoms with van der Waals surface area (Å²) in [4.78, 5) is 14.3. The molecule has 0 aliphatic heterocycles. The molecule has 0 fully saturated rings. The first-order chi connectivity index (χ1) is 17.8. The topological polar surface area (TPSA) is 156 Å². The SMILES string of the molecule is CN(C)S(=O)(=O)c1cc(Nc2ncc[nH]2)ccc1Br.Cc1ccc(Nc2ncc[nH]2)cc1S(=O)(=O)N(C)C. The van der Waals surface area contributed by atoms with Gasteiger partial charge in [0.2, 0.25) is 31.9 Å². The Balaban J connectivity index is 0.000000211. The fraction of sp³-hybridized carbons (Fsp3) is 0.217. The molecule has 0 bridgehead atoms. The number of imidazole rings is 2. The summed E-state index contributed by atoms with van der Waals surface area (Å²) in [5, 5.41) is 6.00. The third kappa shape index (κ3) is 6.99. The van der Waals surface area contributed by atoms with Gasteiger partial charge in [0.15, 0.2) is 0 Å². The molecule has 0 aliphatic carbocycles. The molecule has 2 aromatic heterocycles. The normalized spacial score (nSPS) is 11.8. The predicted molar refractivity (Wildman–Crippen MR) is 151 cm³/mol. The first kappa shape index (κ1) is 29.3. The summed E-state index contributed by atoms with van der Waals surface area (Å²) >= 11 is 3.26. The highest BCUT2D eigenvalue weighted by molar-refractivity contribution is 9.10. The lowest BCUT2D eigenvalue weighted by Crippen LogP contribution is -2.23. The lowest BCUT2D eigenvalue weighted by Gasteiger charge is -2.14. The first-order valence-electron chi connectivity index (χ1n) is 11.1. The van der Waals surface area contributed by atoms with E-state index in [0.717, 1.165) is 0 Å². The Kier molecular flexibility index (Phi) is 9.32. The average Bonchev–Trinajstić information content (AvgIpc) is 3.56. The minimum Gasteiger partial charge on any atom is -0.331 e. The average molecular weight is 626 g/mol. The highest BCUT2D eigenvalue weighted by atomic mass is 79.9. The molecule has 38 heavy (non-hydrogen) atoms. The summed E-state index contributed by atoms with van der Waals surface area (Å²) in [5.74, 6) is 1.12. The number of hydrogen-bond acceptors (Lipinski definition) is 8. The number of anilines is 4. The van der Waals surface area contributed by atoms with Crippen LogP contribution in [0.15, 0.2) is 75.4 Å². The zero-order valence-corrected chi connectivity index (χ0v) is 24.6. The first-order valence-corrected chi connectivity index (χ1v) is 14.8. The maximum atomic E-state index is 12.2. The number of H-pyrrole nitrogens is 2. The van der Waals surface area contributed by atoms with Crippen molar-refractivity contribution in [3.63, 3.8) is 0 Å². The molecule has 0 aliphatic rings. The molecule has 0 unspecified atom stereocenters. The van der Waals surface area contributed by atoms with Crippen LogP contribution in [-0.4, -0.2) is 73.6 Å². The smallest absolute Gasteiger partial charge is 0.243 e. The molecule has 0 radical (unpaired) electrons. The number of benzene rings is 2. The second-order valence-electron chi connectivity index (χ2n) is 8.33. The third-order valence-electron chi connectivity index (χ3n) is 5.16. The number of aromatic nitrogens is 4. The van der Waals surface area contributed by atoms with Gasteiger partial charge in [0.1, 0.15) is 0 Å². The zero-order valence-electron chi connectivity index (χ0n) is 21.4. The summed E-state index contributed by atoms with van der Waals surface area (Å²) in [7, 11) is -0.920. The van der Waals surface area contributed by atoms with Crippen molar-refractivity contribution in [1.82, 2.24) is 28.5 Å². The van der Waals surface area contributed by atoms with Crippen LogP contribution in [0.2, 0.25) is 0 Å². The Hall–Kier alpha value is -3.24. The second-order valence-corrected chi connectivity index (χ2v) is 13.4. The Morgan fingerprint density at radius 1 is 0.737 bits per heavy atom. The number of hydrogen-bond donors (Lipinski definition) is 4. The number of aromatic amines is 2. The molecule has 204 valence electrons. The van der Waals surface area contributed by atoms with E-state index in [1.54, 1.807) is 62.0 Å². The van der Waals surface area contributed by atoms with Crippen molar-refractivity contribution in [3.05, 3.63) is 71.2 Å².